The number of aliphatic hydroxyl groups is 1. The average Bonchev–Trinajstić information content (AvgIpc) is 2.60. The highest BCUT2D eigenvalue weighted by Crippen LogP contribution is 2.23. The second-order valence-corrected chi connectivity index (χ2v) is 6.97. The van der Waals surface area contributed by atoms with Crippen LogP contribution in [0, 0.1) is 6.92 Å². The van der Waals surface area contributed by atoms with E-state index in [2.05, 4.69) is 20.6 Å². The largest absolute Gasteiger partial charge is 0.393 e. The molecule has 0 aliphatic heterocycles. The molecule has 1 aromatic heterocycles. The lowest BCUT2D eigenvalue weighted by molar-refractivity contribution is -0.482. The number of rotatable bonds is 5. The summed E-state index contributed by atoms with van der Waals surface area (Å²) in [6, 6.07) is 6.14. The fourth-order valence-corrected chi connectivity index (χ4v) is 3.34. The van der Waals surface area contributed by atoms with E-state index in [0.29, 0.717) is 12.0 Å². The van der Waals surface area contributed by atoms with Gasteiger partial charge in [-0.2, -0.15) is 4.98 Å². The topological polar surface area (TPSA) is 86.7 Å². The zero-order chi connectivity index (χ0) is 17.8. The number of nitrogens with zero attached hydrogens (tertiary/aromatic N) is 2. The lowest BCUT2D eigenvalue weighted by atomic mass is 9.93. The highest BCUT2D eigenvalue weighted by Gasteiger charge is 2.21. The van der Waals surface area contributed by atoms with Crippen LogP contribution in [0.15, 0.2) is 24.4 Å². The molecule has 2 aromatic rings. The normalized spacial score (nSPS) is 20.3. The summed E-state index contributed by atoms with van der Waals surface area (Å²) < 4.78 is 0. The molecule has 1 aromatic carbocycles. The molecular weight excluding hydrogens is 338 g/mol. The van der Waals surface area contributed by atoms with E-state index >= 15 is 0 Å². The number of hydrogen-bond donors (Lipinski definition) is 4. The Kier molecular flexibility index (Phi) is 5.73. The van der Waals surface area contributed by atoms with Crippen molar-refractivity contribution < 1.29 is 10.4 Å². The number of aryl methyl sites for hydroxylation is 1. The second kappa shape index (κ2) is 7.99. The minimum Gasteiger partial charge on any atom is -0.393 e. The summed E-state index contributed by atoms with van der Waals surface area (Å²) in [6.45, 7) is 2.03. The molecule has 0 spiro atoms. The van der Waals surface area contributed by atoms with E-state index in [4.69, 9.17) is 11.6 Å². The molecule has 0 amide bonds. The number of hydrogen-bond acceptors (Lipinski definition) is 5. The second-order valence-electron chi connectivity index (χ2n) is 6.54. The van der Waals surface area contributed by atoms with Gasteiger partial charge in [0.15, 0.2) is 0 Å². The molecule has 6 nitrogen and oxygen atoms in total. The van der Waals surface area contributed by atoms with E-state index in [-0.39, 0.29) is 6.10 Å². The maximum absolute atomic E-state index is 9.63. The Balaban J connectivity index is 1.77. The summed E-state index contributed by atoms with van der Waals surface area (Å²) in [5.41, 5.74) is 3.05. The van der Waals surface area contributed by atoms with Gasteiger partial charge in [-0.05, 0) is 44.7 Å². The standard InChI is InChI=1S/C18H24ClN5O/c1-11-9-12(19)3-8-15(11)23-17-16(20-2)10-21-18(24-17)22-13-4-6-14(25)7-5-13/h3,8-10,13-14,20,25H,4-7H2,1-2H3,(H2,21,22,23,24)/p+1. The number of nitrogens with two attached hydrogens (primary N) is 1. The third-order valence-electron chi connectivity index (χ3n) is 4.64. The number of aromatic nitrogens is 2. The van der Waals surface area contributed by atoms with Crippen molar-refractivity contribution in [3.63, 3.8) is 0 Å². The van der Waals surface area contributed by atoms with Gasteiger partial charge < -0.3 is 15.7 Å². The molecule has 0 atom stereocenters. The van der Waals surface area contributed by atoms with Crippen LogP contribution in [0.2, 0.25) is 5.02 Å². The zero-order valence-corrected chi connectivity index (χ0v) is 15.3. The van der Waals surface area contributed by atoms with Crippen LogP contribution in [0.5, 0.6) is 0 Å². The number of halogens is 1. The van der Waals surface area contributed by atoms with E-state index in [1.54, 1.807) is 6.20 Å². The van der Waals surface area contributed by atoms with Crippen LogP contribution in [0.3, 0.4) is 0 Å². The Morgan fingerprint density at radius 3 is 2.68 bits per heavy atom. The molecule has 1 saturated carbocycles. The van der Waals surface area contributed by atoms with Gasteiger partial charge in [0.2, 0.25) is 5.95 Å². The smallest absolute Gasteiger partial charge is 0.257 e. The van der Waals surface area contributed by atoms with Crippen LogP contribution in [-0.2, 0) is 0 Å². The molecular formula is C18H25ClN5O+. The van der Waals surface area contributed by atoms with Gasteiger partial charge in [-0.3, -0.25) is 5.32 Å². The minimum absolute atomic E-state index is 0.164. The monoisotopic (exact) mass is 362 g/mol. The van der Waals surface area contributed by atoms with Crippen molar-refractivity contribution in [2.24, 2.45) is 0 Å². The first kappa shape index (κ1) is 17.9. The number of nitrogens with one attached hydrogen (secondary N) is 2. The van der Waals surface area contributed by atoms with E-state index in [9.17, 15) is 5.11 Å². The maximum atomic E-state index is 9.63. The summed E-state index contributed by atoms with van der Waals surface area (Å²) in [5.74, 6) is 1.46. The molecule has 7 heteroatoms. The predicted octanol–water partition coefficient (Wildman–Crippen LogP) is 2.72. The van der Waals surface area contributed by atoms with Crippen LogP contribution in [0.1, 0.15) is 31.2 Å². The van der Waals surface area contributed by atoms with Crippen molar-refractivity contribution in [2.75, 3.05) is 17.7 Å². The summed E-state index contributed by atoms with van der Waals surface area (Å²) in [5, 5.41) is 18.9. The van der Waals surface area contributed by atoms with E-state index < -0.39 is 0 Å². The molecule has 0 unspecified atom stereocenters. The van der Waals surface area contributed by atoms with Crippen molar-refractivity contribution in [3.05, 3.63) is 35.0 Å². The first-order chi connectivity index (χ1) is 12.0. The Morgan fingerprint density at radius 2 is 2.00 bits per heavy atom. The SMILES string of the molecule is CNc1cnc(NC2CCC(O)CC2)nc1[NH2+]c1ccc(Cl)cc1C. The number of aliphatic hydroxyl groups excluding tert-OH is 1. The minimum atomic E-state index is -0.164. The van der Waals surface area contributed by atoms with Crippen LogP contribution in [0.4, 0.5) is 23.1 Å². The van der Waals surface area contributed by atoms with Gasteiger partial charge in [-0.25, -0.2) is 4.98 Å². The third kappa shape index (κ3) is 4.60. The molecule has 0 saturated heterocycles. The van der Waals surface area contributed by atoms with E-state index in [0.717, 1.165) is 53.5 Å². The molecule has 0 bridgehead atoms. The van der Waals surface area contributed by atoms with Gasteiger partial charge in [0, 0.05) is 29.7 Å². The molecule has 134 valence electrons. The van der Waals surface area contributed by atoms with Crippen molar-refractivity contribution >= 4 is 34.7 Å². The van der Waals surface area contributed by atoms with Gasteiger partial charge in [0.25, 0.3) is 5.82 Å². The first-order valence-electron chi connectivity index (χ1n) is 8.65. The average molecular weight is 363 g/mol. The Hall–Kier alpha value is -1.89. The highest BCUT2D eigenvalue weighted by atomic mass is 35.5. The van der Waals surface area contributed by atoms with E-state index in [1.165, 1.54) is 0 Å². The van der Waals surface area contributed by atoms with Crippen LogP contribution in [0.25, 0.3) is 0 Å². The summed E-state index contributed by atoms with van der Waals surface area (Å²) in [7, 11) is 1.86. The molecule has 1 fully saturated rings. The fraction of sp³-hybridized carbons (Fsp3) is 0.444. The number of anilines is 2. The summed E-state index contributed by atoms with van der Waals surface area (Å²) in [6.07, 6.45) is 5.16. The van der Waals surface area contributed by atoms with Crippen molar-refractivity contribution in [3.8, 4) is 0 Å². The van der Waals surface area contributed by atoms with Crippen molar-refractivity contribution in [1.82, 2.24) is 9.97 Å². The Labute approximate surface area is 153 Å². The van der Waals surface area contributed by atoms with Crippen molar-refractivity contribution in [2.45, 2.75) is 44.8 Å². The van der Waals surface area contributed by atoms with Gasteiger partial charge in [0.1, 0.15) is 11.4 Å². The summed E-state index contributed by atoms with van der Waals surface area (Å²) in [4.78, 5) is 9.09. The van der Waals surface area contributed by atoms with Gasteiger partial charge in [-0.1, -0.05) is 11.6 Å². The zero-order valence-electron chi connectivity index (χ0n) is 14.6. The molecule has 25 heavy (non-hydrogen) atoms. The molecule has 0 radical (unpaired) electrons. The molecule has 1 heterocycles. The highest BCUT2D eigenvalue weighted by molar-refractivity contribution is 6.30. The van der Waals surface area contributed by atoms with Gasteiger partial charge in [-0.15, -0.1) is 0 Å². The van der Waals surface area contributed by atoms with E-state index in [1.807, 2.05) is 37.5 Å². The number of benzene rings is 1. The molecule has 1 aliphatic rings. The lowest BCUT2D eigenvalue weighted by Crippen LogP contribution is -2.72. The maximum Gasteiger partial charge on any atom is 0.257 e. The summed E-state index contributed by atoms with van der Waals surface area (Å²) >= 11 is 6.04. The molecule has 3 rings (SSSR count). The number of quaternary nitrogens is 1. The van der Waals surface area contributed by atoms with Gasteiger partial charge >= 0.3 is 0 Å². The van der Waals surface area contributed by atoms with Crippen LogP contribution < -0.4 is 16.0 Å². The third-order valence-corrected chi connectivity index (χ3v) is 4.88. The molecule has 1 aliphatic carbocycles. The quantitative estimate of drug-likeness (QED) is 0.614. The predicted molar refractivity (Wildman–Crippen MR) is 101 cm³/mol. The van der Waals surface area contributed by atoms with Gasteiger partial charge in [0.05, 0.1) is 12.3 Å². The van der Waals surface area contributed by atoms with Crippen LogP contribution >= 0.6 is 11.6 Å². The Bertz CT molecular complexity index is 731. The lowest BCUT2D eigenvalue weighted by Gasteiger charge is -2.26. The molecule has 5 N–H and O–H groups in total. The van der Waals surface area contributed by atoms with Crippen molar-refractivity contribution in [1.29, 1.82) is 0 Å². The van der Waals surface area contributed by atoms with Crippen LogP contribution in [-0.4, -0.2) is 34.3 Å². The first-order valence-corrected chi connectivity index (χ1v) is 9.03. The fourth-order valence-electron chi connectivity index (χ4n) is 3.12. The Morgan fingerprint density at radius 1 is 1.24 bits per heavy atom.